The molecule has 7 nitrogen and oxygen atoms in total. The molecular weight excluding hydrogens is 410 g/mol. The third-order valence-electron chi connectivity index (χ3n) is 4.69. The number of aromatic nitrogens is 3. The molecule has 2 N–H and O–H groups in total. The molecule has 0 aliphatic rings. The molecule has 0 saturated carbocycles. The topological polar surface area (TPSA) is 88.9 Å². The summed E-state index contributed by atoms with van der Waals surface area (Å²) in [6.45, 7) is 7.50. The maximum Gasteiger partial charge on any atom is 0.230 e. The van der Waals surface area contributed by atoms with Crippen LogP contribution in [0.5, 0.6) is 0 Å². The zero-order chi connectivity index (χ0) is 22.4. The predicted molar refractivity (Wildman–Crippen MR) is 123 cm³/mol. The summed E-state index contributed by atoms with van der Waals surface area (Å²) in [6, 6.07) is 17.4. The van der Waals surface area contributed by atoms with Gasteiger partial charge in [-0.1, -0.05) is 62.0 Å². The molecule has 162 valence electrons. The summed E-state index contributed by atoms with van der Waals surface area (Å²) >= 11 is 1.33. The van der Waals surface area contributed by atoms with E-state index in [1.165, 1.54) is 18.7 Å². The normalized spacial score (nSPS) is 11.9. The molecule has 1 aromatic heterocycles. The molecule has 0 bridgehead atoms. The first-order valence-electron chi connectivity index (χ1n) is 10.1. The molecule has 1 heterocycles. The van der Waals surface area contributed by atoms with E-state index in [0.717, 1.165) is 11.3 Å². The van der Waals surface area contributed by atoms with E-state index in [0.29, 0.717) is 16.7 Å². The third-order valence-corrected chi connectivity index (χ3v) is 5.62. The Labute approximate surface area is 186 Å². The zero-order valence-electron chi connectivity index (χ0n) is 18.1. The molecule has 0 radical (unpaired) electrons. The molecule has 31 heavy (non-hydrogen) atoms. The van der Waals surface area contributed by atoms with Crippen molar-refractivity contribution in [2.45, 2.75) is 38.9 Å². The van der Waals surface area contributed by atoms with Crippen molar-refractivity contribution in [1.82, 2.24) is 20.1 Å². The second kappa shape index (κ2) is 10.3. The average molecular weight is 438 g/mol. The van der Waals surface area contributed by atoms with Crippen molar-refractivity contribution in [3.63, 3.8) is 0 Å². The van der Waals surface area contributed by atoms with Gasteiger partial charge in [0.05, 0.1) is 17.5 Å². The number of hydrogen-bond acceptors (Lipinski definition) is 5. The van der Waals surface area contributed by atoms with Crippen LogP contribution in [0.4, 0.5) is 5.69 Å². The molecule has 8 heteroatoms. The number of amides is 2. The molecule has 2 aromatic carbocycles. The van der Waals surface area contributed by atoms with Crippen LogP contribution in [-0.4, -0.2) is 32.3 Å². The van der Waals surface area contributed by atoms with Crippen LogP contribution in [0.25, 0.3) is 5.69 Å². The monoisotopic (exact) mass is 437 g/mol. The van der Waals surface area contributed by atoms with Gasteiger partial charge in [-0.15, -0.1) is 10.2 Å². The van der Waals surface area contributed by atoms with Crippen molar-refractivity contribution in [2.75, 3.05) is 11.1 Å². The van der Waals surface area contributed by atoms with Crippen molar-refractivity contribution < 1.29 is 9.59 Å². The summed E-state index contributed by atoms with van der Waals surface area (Å²) in [5.74, 6) is 0.985. The smallest absolute Gasteiger partial charge is 0.230 e. The molecule has 0 aliphatic carbocycles. The molecule has 0 aliphatic heterocycles. The molecule has 2 amide bonds. The zero-order valence-corrected chi connectivity index (χ0v) is 18.9. The van der Waals surface area contributed by atoms with Crippen LogP contribution in [0, 0.1) is 12.8 Å². The van der Waals surface area contributed by atoms with Gasteiger partial charge in [0.1, 0.15) is 5.82 Å². The standard InChI is InChI=1S/C23H27N5O2S/c1-15(2)22(18-9-6-5-7-10-18)25-21(30)14-31-23-27-26-16(3)28(23)20-12-8-11-19(13-20)24-17(4)29/h5-13,15,22H,14H2,1-4H3,(H,24,29)(H,25,30)/t22-/m1/s1. The summed E-state index contributed by atoms with van der Waals surface area (Å²) in [7, 11) is 0. The van der Waals surface area contributed by atoms with Gasteiger partial charge in [0.2, 0.25) is 11.8 Å². The van der Waals surface area contributed by atoms with E-state index in [-0.39, 0.29) is 29.5 Å². The van der Waals surface area contributed by atoms with Crippen LogP contribution in [0.3, 0.4) is 0 Å². The minimum Gasteiger partial charge on any atom is -0.348 e. The lowest BCUT2D eigenvalue weighted by Gasteiger charge is -2.22. The number of rotatable bonds is 8. The Hall–Kier alpha value is -3.13. The number of nitrogens with zero attached hydrogens (tertiary/aromatic N) is 3. The van der Waals surface area contributed by atoms with E-state index < -0.39 is 0 Å². The Bertz CT molecular complexity index is 1050. The molecular formula is C23H27N5O2S. The number of carbonyl (C=O) groups is 2. The van der Waals surface area contributed by atoms with Gasteiger partial charge in [-0.3, -0.25) is 14.2 Å². The summed E-state index contributed by atoms with van der Waals surface area (Å²) in [5, 5.41) is 14.9. The Kier molecular flexibility index (Phi) is 7.46. The van der Waals surface area contributed by atoms with E-state index in [4.69, 9.17) is 0 Å². The van der Waals surface area contributed by atoms with Gasteiger partial charge in [-0.2, -0.15) is 0 Å². The minimum atomic E-state index is -0.137. The number of carbonyl (C=O) groups excluding carboxylic acids is 2. The molecule has 0 spiro atoms. The molecule has 0 saturated heterocycles. The quantitative estimate of drug-likeness (QED) is 0.517. The van der Waals surface area contributed by atoms with Crippen molar-refractivity contribution in [3.8, 4) is 5.69 Å². The van der Waals surface area contributed by atoms with Crippen LogP contribution >= 0.6 is 11.8 Å². The summed E-state index contributed by atoms with van der Waals surface area (Å²) in [5.41, 5.74) is 2.60. The number of nitrogens with one attached hydrogen (secondary N) is 2. The maximum atomic E-state index is 12.7. The molecule has 0 fully saturated rings. The van der Waals surface area contributed by atoms with Crippen LogP contribution in [0.15, 0.2) is 59.8 Å². The van der Waals surface area contributed by atoms with Crippen molar-refractivity contribution in [2.24, 2.45) is 5.92 Å². The molecule has 3 rings (SSSR count). The first-order valence-corrected chi connectivity index (χ1v) is 11.1. The second-order valence-electron chi connectivity index (χ2n) is 7.59. The molecule has 1 atom stereocenters. The van der Waals surface area contributed by atoms with Gasteiger partial charge in [0, 0.05) is 12.6 Å². The highest BCUT2D eigenvalue weighted by Crippen LogP contribution is 2.25. The van der Waals surface area contributed by atoms with E-state index in [2.05, 4.69) is 34.7 Å². The number of aryl methyl sites for hydroxylation is 1. The van der Waals surface area contributed by atoms with Crippen LogP contribution in [0.2, 0.25) is 0 Å². The summed E-state index contributed by atoms with van der Waals surface area (Å²) in [6.07, 6.45) is 0. The van der Waals surface area contributed by atoms with Gasteiger partial charge in [0.15, 0.2) is 5.16 Å². The Balaban J connectivity index is 1.72. The van der Waals surface area contributed by atoms with Crippen LogP contribution in [-0.2, 0) is 9.59 Å². The van der Waals surface area contributed by atoms with Crippen LogP contribution in [0.1, 0.15) is 38.2 Å². The highest BCUT2D eigenvalue weighted by Gasteiger charge is 2.19. The lowest BCUT2D eigenvalue weighted by molar-refractivity contribution is -0.119. The Morgan fingerprint density at radius 2 is 1.81 bits per heavy atom. The molecule has 0 unspecified atom stereocenters. The maximum absolute atomic E-state index is 12.7. The van der Waals surface area contributed by atoms with Gasteiger partial charge in [-0.25, -0.2) is 0 Å². The van der Waals surface area contributed by atoms with Crippen LogP contribution < -0.4 is 10.6 Å². The fourth-order valence-electron chi connectivity index (χ4n) is 3.30. The summed E-state index contributed by atoms with van der Waals surface area (Å²) < 4.78 is 1.88. The fraction of sp³-hybridized carbons (Fsp3) is 0.304. The number of anilines is 1. The molecule has 3 aromatic rings. The largest absolute Gasteiger partial charge is 0.348 e. The van der Waals surface area contributed by atoms with E-state index in [1.807, 2.05) is 66.1 Å². The Morgan fingerprint density at radius 3 is 2.48 bits per heavy atom. The first-order chi connectivity index (χ1) is 14.8. The van der Waals surface area contributed by atoms with Gasteiger partial charge in [-0.05, 0) is 36.6 Å². The minimum absolute atomic E-state index is 0.0526. The van der Waals surface area contributed by atoms with Crippen molar-refractivity contribution in [3.05, 3.63) is 66.0 Å². The lowest BCUT2D eigenvalue weighted by atomic mass is 9.96. The van der Waals surface area contributed by atoms with E-state index in [9.17, 15) is 9.59 Å². The van der Waals surface area contributed by atoms with Gasteiger partial charge in [0.25, 0.3) is 0 Å². The second-order valence-corrected chi connectivity index (χ2v) is 8.53. The van der Waals surface area contributed by atoms with Gasteiger partial charge >= 0.3 is 0 Å². The van der Waals surface area contributed by atoms with Crippen molar-refractivity contribution in [1.29, 1.82) is 0 Å². The average Bonchev–Trinajstić information content (AvgIpc) is 3.11. The van der Waals surface area contributed by atoms with Gasteiger partial charge < -0.3 is 10.6 Å². The highest BCUT2D eigenvalue weighted by molar-refractivity contribution is 7.99. The number of hydrogen-bond donors (Lipinski definition) is 2. The number of thioether (sulfide) groups is 1. The van der Waals surface area contributed by atoms with Crippen molar-refractivity contribution >= 4 is 29.3 Å². The van der Waals surface area contributed by atoms with E-state index in [1.54, 1.807) is 0 Å². The first kappa shape index (κ1) is 22.6. The SMILES string of the molecule is CC(=O)Nc1cccc(-n2c(C)nnc2SCC(=O)N[C@@H](c2ccccc2)C(C)C)c1. The third kappa shape index (κ3) is 5.95. The number of benzene rings is 2. The lowest BCUT2D eigenvalue weighted by Crippen LogP contribution is -2.33. The highest BCUT2D eigenvalue weighted by atomic mass is 32.2. The fourth-order valence-corrected chi connectivity index (χ4v) is 4.11. The van der Waals surface area contributed by atoms with E-state index >= 15 is 0 Å². The Morgan fingerprint density at radius 1 is 1.06 bits per heavy atom. The summed E-state index contributed by atoms with van der Waals surface area (Å²) in [4.78, 5) is 24.1. The predicted octanol–water partition coefficient (Wildman–Crippen LogP) is 4.14.